The number of carbonyl (C=O) groups is 2. The molecule has 2 N–H and O–H groups in total. The summed E-state index contributed by atoms with van der Waals surface area (Å²) >= 11 is 1.26. The number of benzene rings is 1. The van der Waals surface area contributed by atoms with Crippen LogP contribution in [0.1, 0.15) is 21.0 Å². The van der Waals surface area contributed by atoms with Gasteiger partial charge in [-0.1, -0.05) is 5.21 Å². The van der Waals surface area contributed by atoms with Crippen LogP contribution in [0, 0.1) is 5.82 Å². The van der Waals surface area contributed by atoms with Crippen molar-refractivity contribution in [1.82, 2.24) is 20.0 Å². The molecule has 0 aliphatic heterocycles. The van der Waals surface area contributed by atoms with Crippen LogP contribution < -0.4 is 5.73 Å². The van der Waals surface area contributed by atoms with Crippen molar-refractivity contribution >= 4 is 23.2 Å². The van der Waals surface area contributed by atoms with Gasteiger partial charge in [0.2, 0.25) is 0 Å². The lowest BCUT2D eigenvalue weighted by Gasteiger charge is -2.02. The van der Waals surface area contributed by atoms with E-state index in [1.807, 2.05) is 0 Å². The molecule has 0 unspecified atom stereocenters. The number of aromatic nitrogens is 4. The molecule has 0 spiro atoms. The first kappa shape index (κ1) is 16.7. The summed E-state index contributed by atoms with van der Waals surface area (Å²) in [7, 11) is 0. The molecular formula is C15H12FN5O3S. The lowest BCUT2D eigenvalue weighted by atomic mass is 10.2. The summed E-state index contributed by atoms with van der Waals surface area (Å²) in [6.07, 6.45) is 1.37. The van der Waals surface area contributed by atoms with Crippen molar-refractivity contribution in [3.05, 3.63) is 53.0 Å². The van der Waals surface area contributed by atoms with Gasteiger partial charge in [-0.2, -0.15) is 0 Å². The van der Waals surface area contributed by atoms with Crippen LogP contribution in [-0.2, 0) is 11.3 Å². The number of rotatable bonds is 6. The summed E-state index contributed by atoms with van der Waals surface area (Å²) in [5, 5.41) is 9.43. The second kappa shape index (κ2) is 7.18. The van der Waals surface area contributed by atoms with E-state index in [4.69, 9.17) is 10.5 Å². The zero-order valence-corrected chi connectivity index (χ0v) is 13.6. The maximum atomic E-state index is 12.9. The molecule has 1 amide bonds. The largest absolute Gasteiger partial charge is 0.459 e. The number of hydrogen-bond acceptors (Lipinski definition) is 7. The summed E-state index contributed by atoms with van der Waals surface area (Å²) in [4.78, 5) is 27.1. The van der Waals surface area contributed by atoms with E-state index in [0.717, 1.165) is 0 Å². The topological polar surface area (TPSA) is 113 Å². The van der Waals surface area contributed by atoms with Crippen LogP contribution in [0.4, 0.5) is 4.39 Å². The van der Waals surface area contributed by atoms with E-state index in [2.05, 4.69) is 15.3 Å². The standard InChI is InChI=1S/C15H12FN5O3S/c16-10-3-1-9(2-4-10)14-18-12(8-25-14)15(23)24-6-5-21-7-11(13(17)22)19-20-21/h1-4,7-8H,5-6H2,(H2,17,22). The number of nitrogens with two attached hydrogens (primary N) is 1. The van der Waals surface area contributed by atoms with E-state index in [9.17, 15) is 14.0 Å². The van der Waals surface area contributed by atoms with Crippen LogP contribution in [0.25, 0.3) is 10.6 Å². The Hall–Kier alpha value is -3.14. The van der Waals surface area contributed by atoms with Gasteiger partial charge in [0, 0.05) is 10.9 Å². The minimum atomic E-state index is -0.681. The van der Waals surface area contributed by atoms with Crippen molar-refractivity contribution in [1.29, 1.82) is 0 Å². The zero-order chi connectivity index (χ0) is 17.8. The van der Waals surface area contributed by atoms with Crippen LogP contribution in [0.2, 0.25) is 0 Å². The first-order valence-electron chi connectivity index (χ1n) is 7.11. The third-order valence-corrected chi connectivity index (χ3v) is 4.04. The Morgan fingerprint density at radius 3 is 2.68 bits per heavy atom. The number of primary amides is 1. The Labute approximate surface area is 145 Å². The predicted molar refractivity (Wildman–Crippen MR) is 86.3 cm³/mol. The van der Waals surface area contributed by atoms with E-state index < -0.39 is 11.9 Å². The van der Waals surface area contributed by atoms with Crippen molar-refractivity contribution in [2.75, 3.05) is 6.61 Å². The number of halogens is 1. The van der Waals surface area contributed by atoms with E-state index in [1.165, 1.54) is 34.3 Å². The van der Waals surface area contributed by atoms with Crippen molar-refractivity contribution < 1.29 is 18.7 Å². The highest BCUT2D eigenvalue weighted by Crippen LogP contribution is 2.24. The monoisotopic (exact) mass is 361 g/mol. The number of amides is 1. The fourth-order valence-corrected chi connectivity index (χ4v) is 2.71. The molecule has 128 valence electrons. The van der Waals surface area contributed by atoms with Gasteiger partial charge in [-0.05, 0) is 24.3 Å². The molecule has 0 saturated carbocycles. The highest BCUT2D eigenvalue weighted by molar-refractivity contribution is 7.13. The van der Waals surface area contributed by atoms with Crippen molar-refractivity contribution in [2.24, 2.45) is 5.73 Å². The van der Waals surface area contributed by atoms with E-state index in [1.54, 1.807) is 17.5 Å². The Morgan fingerprint density at radius 1 is 1.24 bits per heavy atom. The number of nitrogens with zero attached hydrogens (tertiary/aromatic N) is 4. The van der Waals surface area contributed by atoms with Gasteiger partial charge in [0.1, 0.15) is 17.4 Å². The van der Waals surface area contributed by atoms with Gasteiger partial charge in [0.05, 0.1) is 12.7 Å². The van der Waals surface area contributed by atoms with E-state index in [0.29, 0.717) is 10.6 Å². The highest BCUT2D eigenvalue weighted by Gasteiger charge is 2.14. The summed E-state index contributed by atoms with van der Waals surface area (Å²) in [6.45, 7) is 0.255. The van der Waals surface area contributed by atoms with Crippen LogP contribution in [0.5, 0.6) is 0 Å². The van der Waals surface area contributed by atoms with Gasteiger partial charge in [-0.3, -0.25) is 4.79 Å². The Morgan fingerprint density at radius 2 is 2.00 bits per heavy atom. The average molecular weight is 361 g/mol. The van der Waals surface area contributed by atoms with Gasteiger partial charge in [-0.15, -0.1) is 16.4 Å². The van der Waals surface area contributed by atoms with Crippen LogP contribution in [-0.4, -0.2) is 38.5 Å². The molecule has 25 heavy (non-hydrogen) atoms. The second-order valence-corrected chi connectivity index (χ2v) is 5.77. The molecule has 3 aromatic rings. The minimum absolute atomic E-state index is 0.0316. The number of carbonyl (C=O) groups excluding carboxylic acids is 2. The predicted octanol–water partition coefficient (Wildman–Crippen LogP) is 1.50. The molecule has 0 fully saturated rings. The number of esters is 1. The first-order chi connectivity index (χ1) is 12.0. The molecule has 8 nitrogen and oxygen atoms in total. The lowest BCUT2D eigenvalue weighted by molar-refractivity contribution is 0.0481. The number of hydrogen-bond donors (Lipinski definition) is 1. The molecule has 0 aliphatic rings. The molecule has 0 radical (unpaired) electrons. The molecule has 3 rings (SSSR count). The molecule has 10 heteroatoms. The third kappa shape index (κ3) is 4.04. The molecule has 1 aromatic carbocycles. The minimum Gasteiger partial charge on any atom is -0.459 e. The summed E-state index contributed by atoms with van der Waals surface area (Å²) in [5.41, 5.74) is 5.99. The molecule has 0 saturated heterocycles. The Kier molecular flexibility index (Phi) is 4.80. The molecule has 0 bridgehead atoms. The summed E-state index contributed by atoms with van der Waals surface area (Å²) in [6, 6.07) is 5.83. The Balaban J connectivity index is 1.56. The molecule has 0 atom stereocenters. The van der Waals surface area contributed by atoms with E-state index in [-0.39, 0.29) is 30.4 Å². The Bertz CT molecular complexity index is 906. The number of ether oxygens (including phenoxy) is 1. The second-order valence-electron chi connectivity index (χ2n) is 4.91. The molecule has 2 heterocycles. The van der Waals surface area contributed by atoms with Gasteiger partial charge in [0.15, 0.2) is 11.4 Å². The fraction of sp³-hybridized carbons (Fsp3) is 0.133. The molecular weight excluding hydrogens is 349 g/mol. The highest BCUT2D eigenvalue weighted by atomic mass is 32.1. The SMILES string of the molecule is NC(=O)c1cn(CCOC(=O)c2csc(-c3ccc(F)cc3)n2)nn1. The molecule has 0 aliphatic carbocycles. The van der Waals surface area contributed by atoms with Crippen molar-refractivity contribution in [3.8, 4) is 10.6 Å². The summed E-state index contributed by atoms with van der Waals surface area (Å²) in [5.74, 6) is -1.61. The fourth-order valence-electron chi connectivity index (χ4n) is 1.92. The quantitative estimate of drug-likeness (QED) is 0.666. The summed E-state index contributed by atoms with van der Waals surface area (Å²) < 4.78 is 19.4. The number of thiazole rings is 1. The smallest absolute Gasteiger partial charge is 0.357 e. The van der Waals surface area contributed by atoms with Gasteiger partial charge in [-0.25, -0.2) is 18.9 Å². The van der Waals surface area contributed by atoms with Crippen LogP contribution in [0.15, 0.2) is 35.8 Å². The normalized spacial score (nSPS) is 10.6. The van der Waals surface area contributed by atoms with Gasteiger partial charge in [0.25, 0.3) is 5.91 Å². The maximum Gasteiger partial charge on any atom is 0.357 e. The first-order valence-corrected chi connectivity index (χ1v) is 7.99. The zero-order valence-electron chi connectivity index (χ0n) is 12.8. The van der Waals surface area contributed by atoms with Gasteiger partial charge < -0.3 is 10.5 Å². The van der Waals surface area contributed by atoms with E-state index >= 15 is 0 Å². The van der Waals surface area contributed by atoms with Crippen molar-refractivity contribution in [2.45, 2.75) is 6.54 Å². The average Bonchev–Trinajstić information content (AvgIpc) is 3.25. The van der Waals surface area contributed by atoms with Crippen molar-refractivity contribution in [3.63, 3.8) is 0 Å². The maximum absolute atomic E-state index is 12.9. The third-order valence-electron chi connectivity index (χ3n) is 3.15. The molecule has 2 aromatic heterocycles. The van der Waals surface area contributed by atoms with Gasteiger partial charge >= 0.3 is 5.97 Å². The van der Waals surface area contributed by atoms with Crippen LogP contribution in [0.3, 0.4) is 0 Å². The lowest BCUT2D eigenvalue weighted by Crippen LogP contribution is -2.13. The van der Waals surface area contributed by atoms with Crippen LogP contribution >= 0.6 is 11.3 Å².